The lowest BCUT2D eigenvalue weighted by Gasteiger charge is -2.04. The molecule has 1 aromatic heterocycles. The monoisotopic (exact) mass is 328 g/mol. The predicted molar refractivity (Wildman–Crippen MR) is 91.7 cm³/mol. The smallest absolute Gasteiger partial charge is 0.257 e. The summed E-state index contributed by atoms with van der Waals surface area (Å²) >= 11 is 1.41. The quantitative estimate of drug-likeness (QED) is 0.770. The number of methoxy groups -OCH3 is 1. The van der Waals surface area contributed by atoms with Crippen molar-refractivity contribution >= 4 is 32.6 Å². The Bertz CT molecular complexity index is 827. The van der Waals surface area contributed by atoms with E-state index in [0.717, 1.165) is 16.0 Å². The normalized spacial score (nSPS) is 10.5. The number of aromatic nitrogens is 1. The molecule has 5 nitrogen and oxygen atoms in total. The summed E-state index contributed by atoms with van der Waals surface area (Å²) in [7, 11) is 1.60. The first kappa shape index (κ1) is 15.3. The van der Waals surface area contributed by atoms with Crippen LogP contribution >= 0.6 is 11.3 Å². The maximum atomic E-state index is 12.3. The Labute approximate surface area is 137 Å². The van der Waals surface area contributed by atoms with Crippen molar-refractivity contribution in [1.82, 2.24) is 4.98 Å². The average molecular weight is 328 g/mol. The van der Waals surface area contributed by atoms with Crippen molar-refractivity contribution in [3.63, 3.8) is 0 Å². The van der Waals surface area contributed by atoms with E-state index in [1.54, 1.807) is 31.4 Å². The number of nitrogens with one attached hydrogen (secondary N) is 1. The molecule has 0 aliphatic carbocycles. The highest BCUT2D eigenvalue weighted by Gasteiger charge is 2.12. The fourth-order valence-corrected chi connectivity index (χ4v) is 3.06. The number of para-hydroxylation sites is 1. The van der Waals surface area contributed by atoms with E-state index in [-0.39, 0.29) is 5.91 Å². The van der Waals surface area contributed by atoms with Crippen molar-refractivity contribution in [2.45, 2.75) is 6.92 Å². The van der Waals surface area contributed by atoms with Crippen LogP contribution in [0.4, 0.5) is 5.13 Å². The minimum atomic E-state index is -0.203. The average Bonchev–Trinajstić information content (AvgIpc) is 2.98. The van der Waals surface area contributed by atoms with Gasteiger partial charge in [-0.05, 0) is 43.3 Å². The van der Waals surface area contributed by atoms with Gasteiger partial charge in [0.25, 0.3) is 5.91 Å². The molecule has 0 aliphatic rings. The number of hydrogen-bond donors (Lipinski definition) is 1. The number of rotatable bonds is 5. The summed E-state index contributed by atoms with van der Waals surface area (Å²) in [5.74, 6) is 1.24. The fourth-order valence-electron chi connectivity index (χ4n) is 2.18. The van der Waals surface area contributed by atoms with Crippen LogP contribution in [0.25, 0.3) is 10.2 Å². The van der Waals surface area contributed by atoms with Crippen LogP contribution in [0.15, 0.2) is 42.5 Å². The van der Waals surface area contributed by atoms with Crippen LogP contribution < -0.4 is 14.8 Å². The summed E-state index contributed by atoms with van der Waals surface area (Å²) in [5.41, 5.74) is 1.31. The highest BCUT2D eigenvalue weighted by Crippen LogP contribution is 2.32. The van der Waals surface area contributed by atoms with Gasteiger partial charge in [0, 0.05) is 5.56 Å². The molecule has 23 heavy (non-hydrogen) atoms. The first-order chi connectivity index (χ1) is 11.2. The molecule has 6 heteroatoms. The molecular weight excluding hydrogens is 312 g/mol. The molecular formula is C17H16N2O3S. The molecule has 2 aromatic carbocycles. The van der Waals surface area contributed by atoms with Crippen LogP contribution in [0, 0.1) is 0 Å². The predicted octanol–water partition coefficient (Wildman–Crippen LogP) is 3.96. The fraction of sp³-hybridized carbons (Fsp3) is 0.176. The minimum absolute atomic E-state index is 0.203. The van der Waals surface area contributed by atoms with Crippen molar-refractivity contribution < 1.29 is 14.3 Å². The first-order valence-corrected chi connectivity index (χ1v) is 8.00. The lowest BCUT2D eigenvalue weighted by Crippen LogP contribution is -2.11. The van der Waals surface area contributed by atoms with Gasteiger partial charge in [-0.25, -0.2) is 4.98 Å². The Morgan fingerprint density at radius 3 is 2.70 bits per heavy atom. The van der Waals surface area contributed by atoms with Gasteiger partial charge < -0.3 is 9.47 Å². The summed E-state index contributed by atoms with van der Waals surface area (Å²) in [4.78, 5) is 16.7. The number of ether oxygens (including phenoxy) is 2. The van der Waals surface area contributed by atoms with Crippen LogP contribution in [0.5, 0.6) is 11.5 Å². The largest absolute Gasteiger partial charge is 0.494 e. The molecule has 1 N–H and O–H groups in total. The van der Waals surface area contributed by atoms with E-state index in [0.29, 0.717) is 23.1 Å². The van der Waals surface area contributed by atoms with Crippen LogP contribution in [-0.2, 0) is 0 Å². The standard InChI is InChI=1S/C17H16N2O3S/c1-3-22-12-9-7-11(8-10-12)16(20)19-17-18-15-13(21-2)5-4-6-14(15)23-17/h4-10H,3H2,1-2H3,(H,18,19,20). The van der Waals surface area contributed by atoms with Gasteiger partial charge in [-0.2, -0.15) is 0 Å². The lowest BCUT2D eigenvalue weighted by atomic mass is 10.2. The first-order valence-electron chi connectivity index (χ1n) is 7.19. The topological polar surface area (TPSA) is 60.5 Å². The van der Waals surface area contributed by atoms with Gasteiger partial charge in [-0.3, -0.25) is 10.1 Å². The number of benzene rings is 2. The van der Waals surface area contributed by atoms with Crippen molar-refractivity contribution in [2.75, 3.05) is 19.0 Å². The zero-order chi connectivity index (χ0) is 16.2. The van der Waals surface area contributed by atoms with Crippen molar-refractivity contribution in [2.24, 2.45) is 0 Å². The number of nitrogens with zero attached hydrogens (tertiary/aromatic N) is 1. The highest BCUT2D eigenvalue weighted by molar-refractivity contribution is 7.22. The Kier molecular flexibility index (Phi) is 4.43. The Hall–Kier alpha value is -2.60. The van der Waals surface area contributed by atoms with Crippen LogP contribution in [0.3, 0.4) is 0 Å². The third-order valence-electron chi connectivity index (χ3n) is 3.25. The lowest BCUT2D eigenvalue weighted by molar-refractivity contribution is 0.102. The number of thiazole rings is 1. The van der Waals surface area contributed by atoms with E-state index >= 15 is 0 Å². The number of carbonyl (C=O) groups is 1. The maximum Gasteiger partial charge on any atom is 0.257 e. The van der Waals surface area contributed by atoms with Gasteiger partial charge in [-0.15, -0.1) is 0 Å². The Morgan fingerprint density at radius 1 is 1.22 bits per heavy atom. The molecule has 0 radical (unpaired) electrons. The molecule has 1 amide bonds. The van der Waals surface area contributed by atoms with E-state index in [2.05, 4.69) is 10.3 Å². The van der Waals surface area contributed by atoms with Gasteiger partial charge >= 0.3 is 0 Å². The van der Waals surface area contributed by atoms with Gasteiger partial charge in [0.2, 0.25) is 0 Å². The van der Waals surface area contributed by atoms with E-state index in [4.69, 9.17) is 9.47 Å². The maximum absolute atomic E-state index is 12.3. The van der Waals surface area contributed by atoms with Gasteiger partial charge in [-0.1, -0.05) is 17.4 Å². The summed E-state index contributed by atoms with van der Waals surface area (Å²) in [6.45, 7) is 2.51. The van der Waals surface area contributed by atoms with Crippen LogP contribution in [-0.4, -0.2) is 24.6 Å². The molecule has 3 aromatic rings. The minimum Gasteiger partial charge on any atom is -0.494 e. The van der Waals surface area contributed by atoms with Crippen molar-refractivity contribution in [1.29, 1.82) is 0 Å². The Morgan fingerprint density at radius 2 is 2.00 bits per heavy atom. The zero-order valence-electron chi connectivity index (χ0n) is 12.8. The van der Waals surface area contributed by atoms with E-state index in [9.17, 15) is 4.79 Å². The number of carbonyl (C=O) groups excluding carboxylic acids is 1. The summed E-state index contributed by atoms with van der Waals surface area (Å²) in [6, 6.07) is 12.7. The van der Waals surface area contributed by atoms with E-state index in [1.165, 1.54) is 11.3 Å². The summed E-state index contributed by atoms with van der Waals surface area (Å²) in [6.07, 6.45) is 0. The molecule has 0 atom stereocenters. The van der Waals surface area contributed by atoms with Gasteiger partial charge in [0.1, 0.15) is 17.0 Å². The van der Waals surface area contributed by atoms with Crippen molar-refractivity contribution in [3.8, 4) is 11.5 Å². The van der Waals surface area contributed by atoms with E-state index < -0.39 is 0 Å². The van der Waals surface area contributed by atoms with Crippen molar-refractivity contribution in [3.05, 3.63) is 48.0 Å². The number of fused-ring (bicyclic) bond motifs is 1. The molecule has 1 heterocycles. The number of amides is 1. The molecule has 0 unspecified atom stereocenters. The second-order valence-corrected chi connectivity index (χ2v) is 5.77. The third kappa shape index (κ3) is 3.27. The third-order valence-corrected chi connectivity index (χ3v) is 4.19. The second-order valence-electron chi connectivity index (χ2n) is 4.74. The highest BCUT2D eigenvalue weighted by atomic mass is 32.1. The summed E-state index contributed by atoms with van der Waals surface area (Å²) in [5, 5.41) is 3.37. The van der Waals surface area contributed by atoms with Crippen LogP contribution in [0.2, 0.25) is 0 Å². The molecule has 0 bridgehead atoms. The zero-order valence-corrected chi connectivity index (χ0v) is 13.6. The molecule has 0 fully saturated rings. The SMILES string of the molecule is CCOc1ccc(C(=O)Nc2nc3c(OC)cccc3s2)cc1. The van der Waals surface area contributed by atoms with Crippen LogP contribution in [0.1, 0.15) is 17.3 Å². The molecule has 0 saturated heterocycles. The second kappa shape index (κ2) is 6.66. The molecule has 0 saturated carbocycles. The molecule has 0 aliphatic heterocycles. The molecule has 118 valence electrons. The molecule has 0 spiro atoms. The summed E-state index contributed by atoms with van der Waals surface area (Å²) < 4.78 is 11.6. The van der Waals surface area contributed by atoms with Gasteiger partial charge in [0.05, 0.1) is 18.4 Å². The van der Waals surface area contributed by atoms with Gasteiger partial charge in [0.15, 0.2) is 5.13 Å². The Balaban J connectivity index is 1.79. The van der Waals surface area contributed by atoms with E-state index in [1.807, 2.05) is 25.1 Å². The number of hydrogen-bond acceptors (Lipinski definition) is 5. The molecule has 3 rings (SSSR count). The number of anilines is 1.